The highest BCUT2D eigenvalue weighted by molar-refractivity contribution is 5.81. The molecule has 2 heterocycles. The predicted molar refractivity (Wildman–Crippen MR) is 110 cm³/mol. The molecule has 2 aromatic carbocycles. The van der Waals surface area contributed by atoms with Gasteiger partial charge in [-0.2, -0.15) is 0 Å². The summed E-state index contributed by atoms with van der Waals surface area (Å²) in [6.07, 6.45) is -0.456. The van der Waals surface area contributed by atoms with Gasteiger partial charge in [-0.1, -0.05) is 48.5 Å². The van der Waals surface area contributed by atoms with Gasteiger partial charge in [0, 0.05) is 24.9 Å². The van der Waals surface area contributed by atoms with Gasteiger partial charge < -0.3 is 19.5 Å². The lowest BCUT2D eigenvalue weighted by Crippen LogP contribution is -2.51. The molecule has 0 unspecified atom stereocenters. The molecule has 0 bridgehead atoms. The van der Waals surface area contributed by atoms with Crippen LogP contribution in [0.4, 0.5) is 4.79 Å². The van der Waals surface area contributed by atoms with Gasteiger partial charge in [0.1, 0.15) is 12.0 Å². The van der Waals surface area contributed by atoms with Crippen molar-refractivity contribution in [3.8, 4) is 11.1 Å². The van der Waals surface area contributed by atoms with Crippen molar-refractivity contribution in [3.05, 3.63) is 59.7 Å². The number of carbonyl (C=O) groups excluding carboxylic acids is 1. The van der Waals surface area contributed by atoms with Gasteiger partial charge >= 0.3 is 12.1 Å². The molecule has 0 spiro atoms. The summed E-state index contributed by atoms with van der Waals surface area (Å²) in [7, 11) is 0. The molecular weight excluding hydrogens is 382 g/mol. The first-order valence-electron chi connectivity index (χ1n) is 10.3. The normalized spacial score (nSPS) is 26.2. The SMILES string of the molecule is CC1(C)OC[C@@H]2CN(C(=O)OCC3c4ccccc4-c4ccccc43)C[C@@]21C(=O)O. The van der Waals surface area contributed by atoms with Crippen molar-refractivity contribution in [2.45, 2.75) is 25.4 Å². The Morgan fingerprint density at radius 3 is 2.27 bits per heavy atom. The fraction of sp³-hybridized carbons (Fsp3) is 0.417. The first-order valence-corrected chi connectivity index (χ1v) is 10.3. The standard InChI is InChI=1S/C24H25NO5/c1-23(2)24(21(26)27)14-25(11-15(24)12-30-23)22(28)29-13-20-18-9-5-3-7-16(18)17-8-4-6-10-19(17)20/h3-10,15,20H,11-14H2,1-2H3,(H,26,27)/t15-,24-/m0/s1. The Morgan fingerprint density at radius 1 is 1.10 bits per heavy atom. The van der Waals surface area contributed by atoms with Crippen LogP contribution in [0.5, 0.6) is 0 Å². The lowest BCUT2D eigenvalue weighted by molar-refractivity contribution is -0.158. The summed E-state index contributed by atoms with van der Waals surface area (Å²) in [5.41, 5.74) is 2.73. The molecule has 0 saturated carbocycles. The van der Waals surface area contributed by atoms with E-state index in [4.69, 9.17) is 9.47 Å². The predicted octanol–water partition coefficient (Wildman–Crippen LogP) is 3.75. The van der Waals surface area contributed by atoms with Crippen molar-refractivity contribution in [2.75, 3.05) is 26.3 Å². The number of carboxylic acid groups (broad SMARTS) is 1. The largest absolute Gasteiger partial charge is 0.481 e. The molecule has 2 atom stereocenters. The highest BCUT2D eigenvalue weighted by atomic mass is 16.6. The second kappa shape index (κ2) is 6.57. The van der Waals surface area contributed by atoms with Crippen molar-refractivity contribution in [3.63, 3.8) is 0 Å². The number of amides is 1. The van der Waals surface area contributed by atoms with Crippen molar-refractivity contribution < 1.29 is 24.2 Å². The maximum atomic E-state index is 12.9. The van der Waals surface area contributed by atoms with E-state index in [1.165, 1.54) is 16.0 Å². The van der Waals surface area contributed by atoms with Gasteiger partial charge in [-0.25, -0.2) is 4.79 Å². The summed E-state index contributed by atoms with van der Waals surface area (Å²) in [5.74, 6) is -1.16. The number of hydrogen-bond acceptors (Lipinski definition) is 4. The number of fused-ring (bicyclic) bond motifs is 4. The number of nitrogens with zero attached hydrogens (tertiary/aromatic N) is 1. The number of likely N-dealkylation sites (tertiary alicyclic amines) is 1. The van der Waals surface area contributed by atoms with E-state index >= 15 is 0 Å². The minimum Gasteiger partial charge on any atom is -0.481 e. The van der Waals surface area contributed by atoms with E-state index in [9.17, 15) is 14.7 Å². The Labute approximate surface area is 175 Å². The molecule has 0 radical (unpaired) electrons. The van der Waals surface area contributed by atoms with Crippen LogP contribution in [0.3, 0.4) is 0 Å². The van der Waals surface area contributed by atoms with E-state index < -0.39 is 23.1 Å². The summed E-state index contributed by atoms with van der Waals surface area (Å²) in [6, 6.07) is 16.4. The first kappa shape index (κ1) is 19.1. The van der Waals surface area contributed by atoms with Gasteiger partial charge in [0.05, 0.1) is 12.2 Å². The summed E-state index contributed by atoms with van der Waals surface area (Å²) in [5, 5.41) is 9.97. The van der Waals surface area contributed by atoms with Gasteiger partial charge in [-0.15, -0.1) is 0 Å². The van der Waals surface area contributed by atoms with Crippen LogP contribution < -0.4 is 0 Å². The molecule has 2 saturated heterocycles. The van der Waals surface area contributed by atoms with Crippen LogP contribution in [-0.2, 0) is 14.3 Å². The minimum atomic E-state index is -1.10. The Balaban J connectivity index is 1.34. The number of carbonyl (C=O) groups is 2. The zero-order valence-electron chi connectivity index (χ0n) is 17.1. The van der Waals surface area contributed by atoms with Crippen LogP contribution in [0.1, 0.15) is 30.9 Å². The number of ether oxygens (including phenoxy) is 2. The number of rotatable bonds is 3. The molecule has 156 valence electrons. The highest BCUT2D eigenvalue weighted by Gasteiger charge is 2.66. The summed E-state index contributed by atoms with van der Waals surface area (Å²) < 4.78 is 11.5. The maximum Gasteiger partial charge on any atom is 0.409 e. The maximum absolute atomic E-state index is 12.9. The van der Waals surface area contributed by atoms with Crippen LogP contribution in [0.25, 0.3) is 11.1 Å². The number of hydrogen-bond donors (Lipinski definition) is 1. The van der Waals surface area contributed by atoms with Crippen LogP contribution in [-0.4, -0.2) is 54.0 Å². The van der Waals surface area contributed by atoms with Crippen molar-refractivity contribution in [1.82, 2.24) is 4.90 Å². The highest BCUT2D eigenvalue weighted by Crippen LogP contribution is 2.52. The van der Waals surface area contributed by atoms with E-state index in [0.717, 1.165) is 11.1 Å². The zero-order valence-corrected chi connectivity index (χ0v) is 17.1. The third-order valence-electron chi connectivity index (χ3n) is 7.27. The minimum absolute atomic E-state index is 0.0170. The van der Waals surface area contributed by atoms with E-state index in [0.29, 0.717) is 13.2 Å². The van der Waals surface area contributed by atoms with E-state index in [-0.39, 0.29) is 25.0 Å². The number of carboxylic acids is 1. The van der Waals surface area contributed by atoms with Crippen molar-refractivity contribution >= 4 is 12.1 Å². The van der Waals surface area contributed by atoms with Crippen LogP contribution >= 0.6 is 0 Å². The van der Waals surface area contributed by atoms with E-state index in [1.807, 2.05) is 24.3 Å². The number of aliphatic carboxylic acids is 1. The molecule has 2 fully saturated rings. The second-order valence-electron chi connectivity index (χ2n) is 8.98. The molecule has 2 aromatic rings. The van der Waals surface area contributed by atoms with Crippen molar-refractivity contribution in [2.24, 2.45) is 11.3 Å². The van der Waals surface area contributed by atoms with Gasteiger partial charge in [0.25, 0.3) is 0 Å². The van der Waals surface area contributed by atoms with Crippen LogP contribution in [0.2, 0.25) is 0 Å². The molecule has 6 nitrogen and oxygen atoms in total. The second-order valence-corrected chi connectivity index (χ2v) is 8.98. The monoisotopic (exact) mass is 407 g/mol. The van der Waals surface area contributed by atoms with Gasteiger partial charge in [0.15, 0.2) is 0 Å². The fourth-order valence-electron chi connectivity index (χ4n) is 5.56. The first-order chi connectivity index (χ1) is 14.3. The molecule has 1 N–H and O–H groups in total. The number of benzene rings is 2. The Morgan fingerprint density at radius 2 is 1.70 bits per heavy atom. The molecule has 2 aliphatic heterocycles. The average Bonchev–Trinajstić information content (AvgIpc) is 3.35. The van der Waals surface area contributed by atoms with Crippen LogP contribution in [0.15, 0.2) is 48.5 Å². The molecular formula is C24H25NO5. The van der Waals surface area contributed by atoms with Gasteiger partial charge in [-0.3, -0.25) is 4.79 Å². The van der Waals surface area contributed by atoms with Gasteiger partial charge in [0.2, 0.25) is 0 Å². The third-order valence-corrected chi connectivity index (χ3v) is 7.27. The summed E-state index contributed by atoms with van der Waals surface area (Å²) in [6.45, 7) is 4.61. The van der Waals surface area contributed by atoms with Crippen molar-refractivity contribution in [1.29, 1.82) is 0 Å². The molecule has 6 heteroatoms. The summed E-state index contributed by atoms with van der Waals surface area (Å²) >= 11 is 0. The van der Waals surface area contributed by atoms with E-state index in [2.05, 4.69) is 24.3 Å². The Kier molecular flexibility index (Phi) is 4.19. The zero-order chi connectivity index (χ0) is 21.1. The van der Waals surface area contributed by atoms with E-state index in [1.54, 1.807) is 13.8 Å². The smallest absolute Gasteiger partial charge is 0.409 e. The topological polar surface area (TPSA) is 76.1 Å². The Bertz CT molecular complexity index is 986. The van der Waals surface area contributed by atoms with Gasteiger partial charge in [-0.05, 0) is 36.1 Å². The van der Waals surface area contributed by atoms with Crippen LogP contribution in [0, 0.1) is 11.3 Å². The lowest BCUT2D eigenvalue weighted by atomic mass is 9.69. The summed E-state index contributed by atoms with van der Waals surface area (Å²) in [4.78, 5) is 26.6. The molecule has 0 aromatic heterocycles. The average molecular weight is 407 g/mol. The molecule has 30 heavy (non-hydrogen) atoms. The third kappa shape index (κ3) is 2.53. The quantitative estimate of drug-likeness (QED) is 0.839. The molecule has 3 aliphatic rings. The lowest BCUT2D eigenvalue weighted by Gasteiger charge is -2.35. The molecule has 1 aliphatic carbocycles. The fourth-order valence-corrected chi connectivity index (χ4v) is 5.56. The molecule has 5 rings (SSSR count). The molecule has 1 amide bonds. The Hall–Kier alpha value is -2.86.